The summed E-state index contributed by atoms with van der Waals surface area (Å²) in [6.07, 6.45) is 16.1. The van der Waals surface area contributed by atoms with Crippen LogP contribution in [-0.4, -0.2) is 52.4 Å². The maximum absolute atomic E-state index is 5.59. The Balaban J connectivity index is 2.40. The van der Waals surface area contributed by atoms with Crippen LogP contribution in [0.15, 0.2) is 18.2 Å². The summed E-state index contributed by atoms with van der Waals surface area (Å²) in [6, 6.07) is 7.24. The molecule has 1 rings (SSSR count). The average Bonchev–Trinajstić information content (AvgIpc) is 2.89. The molecule has 0 aliphatic rings. The molecule has 0 unspecified atom stereocenters. The van der Waals surface area contributed by atoms with Crippen molar-refractivity contribution in [2.45, 2.75) is 103 Å². The van der Waals surface area contributed by atoms with Crippen molar-refractivity contribution in [3.05, 3.63) is 34.9 Å². The molecule has 0 radical (unpaired) electrons. The highest BCUT2D eigenvalue weighted by atomic mass is 14.9. The minimum Gasteiger partial charge on any atom is -0.330 e. The van der Waals surface area contributed by atoms with E-state index in [1.165, 1.54) is 87.4 Å². The number of rotatable bonds is 27. The number of benzene rings is 1. The van der Waals surface area contributed by atoms with Gasteiger partial charge in [0.2, 0.25) is 0 Å². The predicted octanol–water partition coefficient (Wildman–Crippen LogP) is 4.21. The van der Waals surface area contributed by atoms with E-state index in [0.717, 1.165) is 78.2 Å². The predicted molar refractivity (Wildman–Crippen MR) is 158 cm³/mol. The molecule has 0 fully saturated rings. The molecular weight excluding hydrogens is 444 g/mol. The summed E-state index contributed by atoms with van der Waals surface area (Å²) in [6.45, 7) is 12.3. The number of nitrogens with two attached hydrogens (primary N) is 2. The standard InChI is InChI=1S/C30H60N6/c1-2-3-17-33-18-11-7-8-14-28-23-29(26-35-19-10-6-4-5-9-15-31)25-30(24-28)27-36-22-13-21-34-20-12-16-32/h23-25,33-36H,2-22,26-27,31-32H2,1H3. The minimum atomic E-state index is 0.767. The molecule has 0 aromatic heterocycles. The van der Waals surface area contributed by atoms with E-state index in [0.29, 0.717) is 0 Å². The van der Waals surface area contributed by atoms with Crippen molar-refractivity contribution in [2.24, 2.45) is 11.5 Å². The lowest BCUT2D eigenvalue weighted by Crippen LogP contribution is -2.23. The maximum atomic E-state index is 5.59. The van der Waals surface area contributed by atoms with E-state index in [2.05, 4.69) is 46.4 Å². The third kappa shape index (κ3) is 20.1. The van der Waals surface area contributed by atoms with E-state index < -0.39 is 0 Å². The van der Waals surface area contributed by atoms with Gasteiger partial charge in [-0.3, -0.25) is 0 Å². The first-order valence-electron chi connectivity index (χ1n) is 15.1. The molecule has 6 heteroatoms. The molecule has 6 nitrogen and oxygen atoms in total. The first-order valence-corrected chi connectivity index (χ1v) is 15.1. The van der Waals surface area contributed by atoms with Crippen LogP contribution in [0.1, 0.15) is 101 Å². The highest BCUT2D eigenvalue weighted by Crippen LogP contribution is 2.14. The zero-order valence-corrected chi connectivity index (χ0v) is 23.7. The molecule has 210 valence electrons. The third-order valence-electron chi connectivity index (χ3n) is 6.62. The van der Waals surface area contributed by atoms with Crippen LogP contribution >= 0.6 is 0 Å². The fraction of sp³-hybridized carbons (Fsp3) is 0.800. The zero-order valence-electron chi connectivity index (χ0n) is 23.7. The second kappa shape index (κ2) is 25.6. The number of hydrogen-bond donors (Lipinski definition) is 6. The highest BCUT2D eigenvalue weighted by molar-refractivity contribution is 5.30. The Morgan fingerprint density at radius 3 is 1.61 bits per heavy atom. The lowest BCUT2D eigenvalue weighted by atomic mass is 10.0. The van der Waals surface area contributed by atoms with Gasteiger partial charge in [-0.25, -0.2) is 0 Å². The lowest BCUT2D eigenvalue weighted by Gasteiger charge is -2.12. The molecule has 0 amide bonds. The summed E-state index contributed by atoms with van der Waals surface area (Å²) in [5.74, 6) is 0. The van der Waals surface area contributed by atoms with Gasteiger partial charge >= 0.3 is 0 Å². The minimum absolute atomic E-state index is 0.767. The van der Waals surface area contributed by atoms with Crippen molar-refractivity contribution in [1.29, 1.82) is 0 Å². The monoisotopic (exact) mass is 504 g/mol. The fourth-order valence-electron chi connectivity index (χ4n) is 4.45. The van der Waals surface area contributed by atoms with Crippen LogP contribution < -0.4 is 32.7 Å². The second-order valence-corrected chi connectivity index (χ2v) is 10.2. The van der Waals surface area contributed by atoms with Gasteiger partial charge in [-0.1, -0.05) is 57.2 Å². The summed E-state index contributed by atoms with van der Waals surface area (Å²) < 4.78 is 0. The third-order valence-corrected chi connectivity index (χ3v) is 6.62. The Labute approximate surface area is 223 Å². The van der Waals surface area contributed by atoms with Crippen LogP contribution in [0.2, 0.25) is 0 Å². The fourth-order valence-corrected chi connectivity index (χ4v) is 4.45. The Hall–Kier alpha value is -1.02. The molecule has 0 bridgehead atoms. The van der Waals surface area contributed by atoms with Crippen molar-refractivity contribution in [3.8, 4) is 0 Å². The molecule has 1 aromatic rings. The van der Waals surface area contributed by atoms with Crippen LogP contribution in [-0.2, 0) is 19.5 Å². The maximum Gasteiger partial charge on any atom is 0.0205 e. The van der Waals surface area contributed by atoms with Crippen LogP contribution in [0.5, 0.6) is 0 Å². The van der Waals surface area contributed by atoms with Gasteiger partial charge < -0.3 is 32.7 Å². The largest absolute Gasteiger partial charge is 0.330 e. The van der Waals surface area contributed by atoms with Crippen LogP contribution in [0.3, 0.4) is 0 Å². The quantitative estimate of drug-likeness (QED) is 0.100. The van der Waals surface area contributed by atoms with Gasteiger partial charge in [0.1, 0.15) is 0 Å². The molecule has 0 heterocycles. The Kier molecular flexibility index (Phi) is 23.5. The van der Waals surface area contributed by atoms with Gasteiger partial charge in [-0.05, 0) is 120 Å². The van der Waals surface area contributed by atoms with Gasteiger partial charge in [0.05, 0.1) is 0 Å². The van der Waals surface area contributed by atoms with Gasteiger partial charge in [-0.15, -0.1) is 0 Å². The smallest absolute Gasteiger partial charge is 0.0205 e. The van der Waals surface area contributed by atoms with Gasteiger partial charge in [0, 0.05) is 13.1 Å². The van der Waals surface area contributed by atoms with Crippen LogP contribution in [0.25, 0.3) is 0 Å². The van der Waals surface area contributed by atoms with Crippen molar-refractivity contribution in [3.63, 3.8) is 0 Å². The Morgan fingerprint density at radius 1 is 0.472 bits per heavy atom. The molecule has 36 heavy (non-hydrogen) atoms. The summed E-state index contributed by atoms with van der Waals surface area (Å²) in [5, 5.41) is 14.4. The van der Waals surface area contributed by atoms with Crippen molar-refractivity contribution in [1.82, 2.24) is 21.3 Å². The van der Waals surface area contributed by atoms with E-state index in [9.17, 15) is 0 Å². The van der Waals surface area contributed by atoms with Crippen LogP contribution in [0, 0.1) is 0 Å². The first kappa shape index (κ1) is 33.0. The molecule has 0 saturated heterocycles. The van der Waals surface area contributed by atoms with Gasteiger partial charge in [0.25, 0.3) is 0 Å². The molecule has 8 N–H and O–H groups in total. The molecule has 0 spiro atoms. The first-order chi connectivity index (χ1) is 17.8. The van der Waals surface area contributed by atoms with Crippen molar-refractivity contribution < 1.29 is 0 Å². The number of hydrogen-bond acceptors (Lipinski definition) is 6. The lowest BCUT2D eigenvalue weighted by molar-refractivity contribution is 0.575. The molecule has 0 atom stereocenters. The summed E-state index contributed by atoms with van der Waals surface area (Å²) in [5.41, 5.74) is 15.5. The number of nitrogens with one attached hydrogen (secondary N) is 4. The summed E-state index contributed by atoms with van der Waals surface area (Å²) >= 11 is 0. The topological polar surface area (TPSA) is 100 Å². The average molecular weight is 505 g/mol. The number of unbranched alkanes of at least 4 members (excludes halogenated alkanes) is 7. The molecule has 0 aliphatic carbocycles. The van der Waals surface area contributed by atoms with Crippen molar-refractivity contribution >= 4 is 0 Å². The zero-order chi connectivity index (χ0) is 25.9. The Morgan fingerprint density at radius 2 is 0.944 bits per heavy atom. The van der Waals surface area contributed by atoms with E-state index in [1.54, 1.807) is 0 Å². The van der Waals surface area contributed by atoms with E-state index in [1.807, 2.05) is 0 Å². The summed E-state index contributed by atoms with van der Waals surface area (Å²) in [7, 11) is 0. The molecule has 0 aliphatic heterocycles. The highest BCUT2D eigenvalue weighted by Gasteiger charge is 2.03. The van der Waals surface area contributed by atoms with E-state index in [4.69, 9.17) is 11.5 Å². The summed E-state index contributed by atoms with van der Waals surface area (Å²) in [4.78, 5) is 0. The molecule has 0 saturated carbocycles. The molecule has 1 aromatic carbocycles. The second-order valence-electron chi connectivity index (χ2n) is 10.2. The molecular formula is C30H60N6. The van der Waals surface area contributed by atoms with Gasteiger partial charge in [0.15, 0.2) is 0 Å². The normalized spacial score (nSPS) is 11.4. The van der Waals surface area contributed by atoms with E-state index in [-0.39, 0.29) is 0 Å². The van der Waals surface area contributed by atoms with Crippen molar-refractivity contribution in [2.75, 3.05) is 52.4 Å². The Bertz CT molecular complexity index is 502. The SMILES string of the molecule is CCCCNCCCCCc1cc(CNCCCCCCCN)cc(CNCCCNCCCN)c1. The van der Waals surface area contributed by atoms with Crippen LogP contribution in [0.4, 0.5) is 0 Å². The van der Waals surface area contributed by atoms with E-state index >= 15 is 0 Å². The van der Waals surface area contributed by atoms with Gasteiger partial charge in [-0.2, -0.15) is 0 Å². The number of aryl methyl sites for hydroxylation is 1.